The molecule has 0 radical (unpaired) electrons. The standard InChI is InChI=1S/C28H34N4O4S2/c1-3-18(2)25(33)30-23(20-12-16-38(35,36)17-13-20)28(34)32-15-7-10-22(32)26-31-24-21(11-14-29-27(24)37-26)19-8-5-4-6-9-19/h4-6,8-9,11,14,18,20,22-23H,3,7,10,12-13,15-17H2,1-2H3,(H,30,33)/t18-,22+,23+/m1/s1. The van der Waals surface area contributed by atoms with Gasteiger partial charge in [-0.1, -0.05) is 55.5 Å². The lowest BCUT2D eigenvalue weighted by molar-refractivity contribution is -0.139. The number of nitrogens with one attached hydrogen (secondary N) is 1. The largest absolute Gasteiger partial charge is 0.344 e. The molecule has 0 unspecified atom stereocenters. The van der Waals surface area contributed by atoms with Crippen molar-refractivity contribution in [1.82, 2.24) is 20.2 Å². The highest BCUT2D eigenvalue weighted by Crippen LogP contribution is 2.39. The Balaban J connectivity index is 1.44. The number of benzene rings is 1. The fraction of sp³-hybridized carbons (Fsp3) is 0.500. The quantitative estimate of drug-likeness (QED) is 0.464. The van der Waals surface area contributed by atoms with E-state index in [4.69, 9.17) is 4.98 Å². The Morgan fingerprint density at radius 3 is 2.58 bits per heavy atom. The van der Waals surface area contributed by atoms with Crippen LogP contribution in [0.15, 0.2) is 42.6 Å². The van der Waals surface area contributed by atoms with Gasteiger partial charge in [0.05, 0.1) is 17.5 Å². The van der Waals surface area contributed by atoms with Gasteiger partial charge >= 0.3 is 0 Å². The number of thiazole rings is 1. The molecular weight excluding hydrogens is 520 g/mol. The predicted octanol–water partition coefficient (Wildman–Crippen LogP) is 4.38. The molecular formula is C28H34N4O4S2. The van der Waals surface area contributed by atoms with Crippen LogP contribution in [-0.2, 0) is 19.4 Å². The fourth-order valence-electron chi connectivity index (χ4n) is 5.41. The van der Waals surface area contributed by atoms with Crippen LogP contribution in [0, 0.1) is 11.8 Å². The summed E-state index contributed by atoms with van der Waals surface area (Å²) in [6, 6.07) is 11.1. The van der Waals surface area contributed by atoms with E-state index in [1.165, 1.54) is 11.3 Å². The number of fused-ring (bicyclic) bond motifs is 1. The molecule has 1 aromatic carbocycles. The van der Waals surface area contributed by atoms with Gasteiger partial charge in [-0.2, -0.15) is 0 Å². The van der Waals surface area contributed by atoms with Crippen molar-refractivity contribution in [3.05, 3.63) is 47.6 Å². The van der Waals surface area contributed by atoms with Gasteiger partial charge in [-0.3, -0.25) is 9.59 Å². The van der Waals surface area contributed by atoms with E-state index < -0.39 is 15.9 Å². The number of carbonyl (C=O) groups is 2. The average molecular weight is 555 g/mol. The van der Waals surface area contributed by atoms with Crippen molar-refractivity contribution in [2.45, 2.75) is 58.0 Å². The van der Waals surface area contributed by atoms with Crippen molar-refractivity contribution in [2.75, 3.05) is 18.1 Å². The van der Waals surface area contributed by atoms with E-state index in [0.29, 0.717) is 25.8 Å². The topological polar surface area (TPSA) is 109 Å². The molecule has 2 saturated heterocycles. The molecule has 202 valence electrons. The highest BCUT2D eigenvalue weighted by molar-refractivity contribution is 7.91. The number of hydrogen-bond acceptors (Lipinski definition) is 7. The molecule has 0 saturated carbocycles. The number of likely N-dealkylation sites (tertiary alicyclic amines) is 1. The van der Waals surface area contributed by atoms with Gasteiger partial charge in [-0.15, -0.1) is 0 Å². The van der Waals surface area contributed by atoms with Crippen molar-refractivity contribution in [3.8, 4) is 11.1 Å². The van der Waals surface area contributed by atoms with Gasteiger partial charge < -0.3 is 10.2 Å². The van der Waals surface area contributed by atoms with Crippen molar-refractivity contribution in [2.24, 2.45) is 11.8 Å². The lowest BCUT2D eigenvalue weighted by Gasteiger charge is -2.35. The van der Waals surface area contributed by atoms with Crippen LogP contribution in [0.3, 0.4) is 0 Å². The van der Waals surface area contributed by atoms with Gasteiger partial charge in [0, 0.05) is 24.2 Å². The molecule has 2 fully saturated rings. The van der Waals surface area contributed by atoms with E-state index in [2.05, 4.69) is 10.3 Å². The lowest BCUT2D eigenvalue weighted by atomic mass is 9.91. The summed E-state index contributed by atoms with van der Waals surface area (Å²) in [7, 11) is -3.09. The van der Waals surface area contributed by atoms with Crippen LogP contribution >= 0.6 is 11.3 Å². The number of pyridine rings is 1. The van der Waals surface area contributed by atoms with Crippen LogP contribution in [0.2, 0.25) is 0 Å². The smallest absolute Gasteiger partial charge is 0.246 e. The Morgan fingerprint density at radius 1 is 1.13 bits per heavy atom. The Bertz CT molecular complexity index is 1410. The second-order valence-electron chi connectivity index (χ2n) is 10.4. The first kappa shape index (κ1) is 26.7. The highest BCUT2D eigenvalue weighted by Gasteiger charge is 2.41. The molecule has 2 aromatic heterocycles. The molecule has 8 nitrogen and oxygen atoms in total. The van der Waals surface area contributed by atoms with E-state index in [1.807, 2.05) is 55.1 Å². The van der Waals surface area contributed by atoms with Crippen LogP contribution in [0.5, 0.6) is 0 Å². The minimum atomic E-state index is -3.09. The van der Waals surface area contributed by atoms with Crippen LogP contribution < -0.4 is 5.32 Å². The Morgan fingerprint density at radius 2 is 1.87 bits per heavy atom. The molecule has 2 aliphatic rings. The number of hydrogen-bond donors (Lipinski definition) is 1. The van der Waals surface area contributed by atoms with E-state index in [-0.39, 0.29) is 41.2 Å². The molecule has 10 heteroatoms. The van der Waals surface area contributed by atoms with Crippen LogP contribution in [0.1, 0.15) is 57.0 Å². The molecule has 1 N–H and O–H groups in total. The van der Waals surface area contributed by atoms with Crippen molar-refractivity contribution < 1.29 is 18.0 Å². The molecule has 0 aliphatic carbocycles. The van der Waals surface area contributed by atoms with Gasteiger partial charge in [-0.05, 0) is 49.7 Å². The summed E-state index contributed by atoms with van der Waals surface area (Å²) < 4.78 is 24.2. The third-order valence-corrected chi connectivity index (χ3v) is 10.7. The summed E-state index contributed by atoms with van der Waals surface area (Å²) in [4.78, 5) is 39.2. The zero-order chi connectivity index (χ0) is 26.9. The molecule has 2 aliphatic heterocycles. The van der Waals surface area contributed by atoms with Gasteiger partial charge in [0.2, 0.25) is 11.8 Å². The van der Waals surface area contributed by atoms with E-state index >= 15 is 0 Å². The van der Waals surface area contributed by atoms with Crippen LogP contribution in [0.4, 0.5) is 0 Å². The Labute approximate surface area is 227 Å². The first-order valence-corrected chi connectivity index (χ1v) is 16.0. The first-order chi connectivity index (χ1) is 18.3. The maximum atomic E-state index is 14.1. The summed E-state index contributed by atoms with van der Waals surface area (Å²) in [5.74, 6) is -0.623. The van der Waals surface area contributed by atoms with Crippen molar-refractivity contribution >= 4 is 43.3 Å². The normalized spacial score (nSPS) is 21.3. The van der Waals surface area contributed by atoms with Crippen molar-refractivity contribution in [3.63, 3.8) is 0 Å². The summed E-state index contributed by atoms with van der Waals surface area (Å²) in [6.45, 7) is 4.37. The first-order valence-electron chi connectivity index (χ1n) is 13.4. The second-order valence-corrected chi connectivity index (χ2v) is 13.7. The summed E-state index contributed by atoms with van der Waals surface area (Å²) in [5, 5.41) is 3.86. The lowest BCUT2D eigenvalue weighted by Crippen LogP contribution is -2.54. The second kappa shape index (κ2) is 11.1. The molecule has 4 heterocycles. The van der Waals surface area contributed by atoms with E-state index in [0.717, 1.165) is 39.3 Å². The number of nitrogens with zero attached hydrogens (tertiary/aromatic N) is 3. The molecule has 3 aromatic rings. The van der Waals surface area contributed by atoms with Gasteiger partial charge in [0.15, 0.2) is 0 Å². The number of sulfone groups is 1. The predicted molar refractivity (Wildman–Crippen MR) is 149 cm³/mol. The summed E-state index contributed by atoms with van der Waals surface area (Å²) >= 11 is 1.51. The minimum Gasteiger partial charge on any atom is -0.344 e. The van der Waals surface area contributed by atoms with Gasteiger partial charge in [0.1, 0.15) is 31.2 Å². The van der Waals surface area contributed by atoms with Crippen molar-refractivity contribution in [1.29, 1.82) is 0 Å². The highest BCUT2D eigenvalue weighted by atomic mass is 32.2. The number of amides is 2. The van der Waals surface area contributed by atoms with E-state index in [9.17, 15) is 18.0 Å². The van der Waals surface area contributed by atoms with Gasteiger partial charge in [-0.25, -0.2) is 18.4 Å². The maximum absolute atomic E-state index is 14.1. The Kier molecular flexibility index (Phi) is 7.81. The summed E-state index contributed by atoms with van der Waals surface area (Å²) in [6.07, 6.45) is 4.85. The van der Waals surface area contributed by atoms with Crippen LogP contribution in [-0.4, -0.2) is 59.2 Å². The monoisotopic (exact) mass is 554 g/mol. The van der Waals surface area contributed by atoms with E-state index in [1.54, 1.807) is 6.20 Å². The number of carbonyl (C=O) groups excluding carboxylic acids is 2. The third-order valence-electron chi connectivity index (χ3n) is 7.91. The molecule has 38 heavy (non-hydrogen) atoms. The zero-order valence-corrected chi connectivity index (χ0v) is 23.4. The zero-order valence-electron chi connectivity index (χ0n) is 21.8. The molecule has 0 bridgehead atoms. The molecule has 3 atom stereocenters. The number of rotatable bonds is 7. The van der Waals surface area contributed by atoms with Crippen LogP contribution in [0.25, 0.3) is 21.5 Å². The SMILES string of the molecule is CC[C@@H](C)C(=O)N[C@H](C(=O)N1CCC[C@H]1c1nc2c(-c3ccccc3)ccnc2s1)C1CCS(=O)(=O)CC1. The third kappa shape index (κ3) is 5.47. The fourth-order valence-corrected chi connectivity index (χ4v) is 8.02. The molecule has 5 rings (SSSR count). The Hall–Kier alpha value is -2.85. The molecule has 0 spiro atoms. The average Bonchev–Trinajstić information content (AvgIpc) is 3.58. The summed E-state index contributed by atoms with van der Waals surface area (Å²) in [5.41, 5.74) is 2.91. The minimum absolute atomic E-state index is 0.0515. The molecule has 2 amide bonds. The maximum Gasteiger partial charge on any atom is 0.246 e. The number of aromatic nitrogens is 2. The van der Waals surface area contributed by atoms with Gasteiger partial charge in [0.25, 0.3) is 0 Å².